The highest BCUT2D eigenvalue weighted by atomic mass is 16.5. The highest BCUT2D eigenvalue weighted by Gasteiger charge is 2.30. The van der Waals surface area contributed by atoms with Gasteiger partial charge in [0, 0.05) is 18.2 Å². The minimum absolute atomic E-state index is 0.0783. The van der Waals surface area contributed by atoms with Crippen molar-refractivity contribution in [3.05, 3.63) is 29.8 Å². The summed E-state index contributed by atoms with van der Waals surface area (Å²) in [7, 11) is 0. The molecule has 1 fully saturated rings. The minimum atomic E-state index is -0.162. The summed E-state index contributed by atoms with van der Waals surface area (Å²) in [5.74, 6) is 1.38. The van der Waals surface area contributed by atoms with Crippen molar-refractivity contribution in [2.24, 2.45) is 5.92 Å². The third-order valence-electron chi connectivity index (χ3n) is 4.44. The second-order valence-electron chi connectivity index (χ2n) is 5.83. The Kier molecular flexibility index (Phi) is 3.92. The van der Waals surface area contributed by atoms with Gasteiger partial charge in [0.2, 0.25) is 5.91 Å². The molecule has 1 aromatic rings. The maximum atomic E-state index is 12.3. The lowest BCUT2D eigenvalue weighted by atomic mass is 9.92. The van der Waals surface area contributed by atoms with E-state index in [9.17, 15) is 4.79 Å². The highest BCUT2D eigenvalue weighted by molar-refractivity contribution is 5.85. The molecular weight excluding hydrogens is 252 g/mol. The van der Waals surface area contributed by atoms with Gasteiger partial charge in [0.25, 0.3) is 0 Å². The molecule has 2 N–H and O–H groups in total. The van der Waals surface area contributed by atoms with E-state index < -0.39 is 0 Å². The molecular formula is C16H22N2O2. The van der Waals surface area contributed by atoms with Crippen molar-refractivity contribution in [3.63, 3.8) is 0 Å². The second kappa shape index (κ2) is 5.83. The SMILES string of the molecule is CC1CCCNC1CNC(=O)C1COc2ccccc21. The average Bonchev–Trinajstić information content (AvgIpc) is 2.90. The lowest BCUT2D eigenvalue weighted by Crippen LogP contribution is -2.48. The quantitative estimate of drug-likeness (QED) is 0.881. The first kappa shape index (κ1) is 13.4. The van der Waals surface area contributed by atoms with Crippen LogP contribution in [-0.4, -0.2) is 31.6 Å². The fourth-order valence-electron chi connectivity index (χ4n) is 3.10. The molecule has 2 aliphatic rings. The number of hydrogen-bond donors (Lipinski definition) is 2. The summed E-state index contributed by atoms with van der Waals surface area (Å²) in [4.78, 5) is 12.3. The van der Waals surface area contributed by atoms with Crippen molar-refractivity contribution in [1.82, 2.24) is 10.6 Å². The van der Waals surface area contributed by atoms with Gasteiger partial charge in [0.05, 0.1) is 0 Å². The first-order valence-electron chi connectivity index (χ1n) is 7.48. The maximum Gasteiger partial charge on any atom is 0.231 e. The molecule has 3 rings (SSSR count). The number of benzene rings is 1. The van der Waals surface area contributed by atoms with Crippen LogP contribution in [0.5, 0.6) is 5.75 Å². The average molecular weight is 274 g/mol. The molecule has 0 spiro atoms. The highest BCUT2D eigenvalue weighted by Crippen LogP contribution is 2.33. The van der Waals surface area contributed by atoms with Crippen LogP contribution in [0, 0.1) is 5.92 Å². The fourth-order valence-corrected chi connectivity index (χ4v) is 3.10. The Bertz CT molecular complexity index is 489. The Balaban J connectivity index is 1.58. The van der Waals surface area contributed by atoms with Crippen LogP contribution in [0.15, 0.2) is 24.3 Å². The Morgan fingerprint density at radius 1 is 1.45 bits per heavy atom. The van der Waals surface area contributed by atoms with Crippen LogP contribution in [0.2, 0.25) is 0 Å². The summed E-state index contributed by atoms with van der Waals surface area (Å²) >= 11 is 0. The number of carbonyl (C=O) groups is 1. The number of rotatable bonds is 3. The van der Waals surface area contributed by atoms with Gasteiger partial charge in [-0.2, -0.15) is 0 Å². The molecule has 2 heterocycles. The van der Waals surface area contributed by atoms with Gasteiger partial charge in [-0.1, -0.05) is 25.1 Å². The molecule has 4 heteroatoms. The molecule has 4 nitrogen and oxygen atoms in total. The zero-order chi connectivity index (χ0) is 13.9. The molecule has 1 amide bonds. The van der Waals surface area contributed by atoms with Crippen molar-refractivity contribution in [2.45, 2.75) is 31.7 Å². The zero-order valence-electron chi connectivity index (χ0n) is 11.9. The van der Waals surface area contributed by atoms with E-state index in [1.807, 2.05) is 24.3 Å². The fraction of sp³-hybridized carbons (Fsp3) is 0.562. The van der Waals surface area contributed by atoms with E-state index in [-0.39, 0.29) is 11.8 Å². The second-order valence-corrected chi connectivity index (χ2v) is 5.83. The van der Waals surface area contributed by atoms with E-state index >= 15 is 0 Å². The summed E-state index contributed by atoms with van der Waals surface area (Å²) in [6, 6.07) is 8.19. The number of nitrogens with one attached hydrogen (secondary N) is 2. The monoisotopic (exact) mass is 274 g/mol. The normalized spacial score (nSPS) is 28.6. The van der Waals surface area contributed by atoms with Crippen molar-refractivity contribution >= 4 is 5.91 Å². The molecule has 0 aliphatic carbocycles. The van der Waals surface area contributed by atoms with E-state index in [0.29, 0.717) is 25.1 Å². The van der Waals surface area contributed by atoms with Gasteiger partial charge in [-0.05, 0) is 31.4 Å². The van der Waals surface area contributed by atoms with E-state index in [0.717, 1.165) is 17.9 Å². The Morgan fingerprint density at radius 2 is 2.30 bits per heavy atom. The number of piperidine rings is 1. The predicted molar refractivity (Wildman–Crippen MR) is 77.9 cm³/mol. The van der Waals surface area contributed by atoms with Crippen LogP contribution in [0.4, 0.5) is 0 Å². The van der Waals surface area contributed by atoms with Crippen molar-refractivity contribution in [3.8, 4) is 5.75 Å². The lowest BCUT2D eigenvalue weighted by molar-refractivity contribution is -0.122. The summed E-state index contributed by atoms with van der Waals surface area (Å²) in [6.07, 6.45) is 2.47. The summed E-state index contributed by atoms with van der Waals surface area (Å²) in [5.41, 5.74) is 1.01. The zero-order valence-corrected chi connectivity index (χ0v) is 11.9. The van der Waals surface area contributed by atoms with E-state index in [1.165, 1.54) is 12.8 Å². The summed E-state index contributed by atoms with van der Waals surface area (Å²) < 4.78 is 5.57. The molecule has 20 heavy (non-hydrogen) atoms. The van der Waals surface area contributed by atoms with Gasteiger partial charge in [-0.15, -0.1) is 0 Å². The topological polar surface area (TPSA) is 50.4 Å². The van der Waals surface area contributed by atoms with E-state index in [4.69, 9.17) is 4.74 Å². The largest absolute Gasteiger partial charge is 0.492 e. The first-order chi connectivity index (χ1) is 9.75. The lowest BCUT2D eigenvalue weighted by Gasteiger charge is -2.30. The van der Waals surface area contributed by atoms with Crippen molar-refractivity contribution in [1.29, 1.82) is 0 Å². The Morgan fingerprint density at radius 3 is 3.15 bits per heavy atom. The van der Waals surface area contributed by atoms with Gasteiger partial charge in [-0.25, -0.2) is 0 Å². The van der Waals surface area contributed by atoms with Gasteiger partial charge in [-0.3, -0.25) is 4.79 Å². The molecule has 0 aromatic heterocycles. The molecule has 0 saturated carbocycles. The molecule has 3 unspecified atom stereocenters. The third kappa shape index (κ3) is 2.66. The van der Waals surface area contributed by atoms with Crippen molar-refractivity contribution < 1.29 is 9.53 Å². The van der Waals surface area contributed by atoms with Crippen LogP contribution in [0.1, 0.15) is 31.2 Å². The first-order valence-corrected chi connectivity index (χ1v) is 7.48. The Hall–Kier alpha value is -1.55. The van der Waals surface area contributed by atoms with E-state index in [2.05, 4.69) is 17.6 Å². The molecule has 108 valence electrons. The van der Waals surface area contributed by atoms with Crippen LogP contribution >= 0.6 is 0 Å². The number of carbonyl (C=O) groups excluding carboxylic acids is 1. The van der Waals surface area contributed by atoms with Crippen LogP contribution in [-0.2, 0) is 4.79 Å². The number of hydrogen-bond acceptors (Lipinski definition) is 3. The smallest absolute Gasteiger partial charge is 0.231 e. The molecule has 3 atom stereocenters. The standard InChI is InChI=1S/C16H22N2O2/c1-11-5-4-8-17-14(11)9-18-16(19)13-10-20-15-7-3-2-6-12(13)15/h2-3,6-7,11,13-14,17H,4-5,8-10H2,1H3,(H,18,19). The molecule has 0 bridgehead atoms. The molecule has 2 aliphatic heterocycles. The van der Waals surface area contributed by atoms with E-state index in [1.54, 1.807) is 0 Å². The third-order valence-corrected chi connectivity index (χ3v) is 4.44. The van der Waals surface area contributed by atoms with Gasteiger partial charge in [0.15, 0.2) is 0 Å². The molecule has 0 radical (unpaired) electrons. The molecule has 1 saturated heterocycles. The maximum absolute atomic E-state index is 12.3. The van der Waals surface area contributed by atoms with Gasteiger partial charge in [0.1, 0.15) is 18.3 Å². The van der Waals surface area contributed by atoms with Crippen LogP contribution in [0.3, 0.4) is 0 Å². The Labute approximate surface area is 119 Å². The van der Waals surface area contributed by atoms with Crippen molar-refractivity contribution in [2.75, 3.05) is 19.7 Å². The van der Waals surface area contributed by atoms with Crippen LogP contribution in [0.25, 0.3) is 0 Å². The van der Waals surface area contributed by atoms with Gasteiger partial charge >= 0.3 is 0 Å². The summed E-state index contributed by atoms with van der Waals surface area (Å²) in [5, 5.41) is 6.57. The van der Waals surface area contributed by atoms with Crippen LogP contribution < -0.4 is 15.4 Å². The van der Waals surface area contributed by atoms with Gasteiger partial charge < -0.3 is 15.4 Å². The predicted octanol–water partition coefficient (Wildman–Crippen LogP) is 1.67. The number of ether oxygens (including phenoxy) is 1. The minimum Gasteiger partial charge on any atom is -0.492 e. The summed E-state index contributed by atoms with van der Waals surface area (Å²) in [6.45, 7) is 4.47. The number of fused-ring (bicyclic) bond motifs is 1. The number of amides is 1. The molecule has 1 aromatic carbocycles. The number of para-hydroxylation sites is 1.